The highest BCUT2D eigenvalue weighted by molar-refractivity contribution is 6.29. The van der Waals surface area contributed by atoms with Crippen molar-refractivity contribution in [1.29, 1.82) is 0 Å². The molecule has 88 valence electrons. The Morgan fingerprint density at radius 2 is 2.31 bits per heavy atom. The van der Waals surface area contributed by atoms with Gasteiger partial charge in [-0.1, -0.05) is 18.5 Å². The van der Waals surface area contributed by atoms with Crippen LogP contribution in [-0.4, -0.2) is 16.9 Å². The predicted octanol–water partition coefficient (Wildman–Crippen LogP) is 2.11. The number of hydrogen-bond donors (Lipinski definition) is 2. The summed E-state index contributed by atoms with van der Waals surface area (Å²) in [5.74, 6) is -0.0958. The summed E-state index contributed by atoms with van der Waals surface area (Å²) in [6, 6.07) is 3.28. The molecule has 1 atom stereocenters. The summed E-state index contributed by atoms with van der Waals surface area (Å²) in [4.78, 5) is 15.6. The van der Waals surface area contributed by atoms with Gasteiger partial charge in [0.1, 0.15) is 5.15 Å². The van der Waals surface area contributed by atoms with Crippen LogP contribution in [0.25, 0.3) is 0 Å². The van der Waals surface area contributed by atoms with Crippen molar-refractivity contribution in [2.24, 2.45) is 5.73 Å². The first-order valence-corrected chi connectivity index (χ1v) is 5.59. The van der Waals surface area contributed by atoms with E-state index in [0.717, 1.165) is 6.42 Å². The Morgan fingerprint density at radius 3 is 2.88 bits per heavy atom. The maximum absolute atomic E-state index is 11.6. The number of amides is 1. The van der Waals surface area contributed by atoms with Crippen LogP contribution in [-0.2, 0) is 4.79 Å². The highest BCUT2D eigenvalue weighted by atomic mass is 35.5. The number of carbonyl (C=O) groups excluding carboxylic acids is 1. The molecular weight excluding hydrogens is 226 g/mol. The number of halogens is 1. The van der Waals surface area contributed by atoms with E-state index in [1.807, 2.05) is 6.92 Å². The second-order valence-electron chi connectivity index (χ2n) is 3.69. The van der Waals surface area contributed by atoms with Gasteiger partial charge in [-0.05, 0) is 25.5 Å². The minimum absolute atomic E-state index is 0.0958. The van der Waals surface area contributed by atoms with Crippen molar-refractivity contribution in [3.05, 3.63) is 23.0 Å². The first-order valence-electron chi connectivity index (χ1n) is 5.21. The Labute approximate surface area is 100 Å². The van der Waals surface area contributed by atoms with E-state index in [-0.39, 0.29) is 11.9 Å². The predicted molar refractivity (Wildman–Crippen MR) is 65.5 cm³/mol. The lowest BCUT2D eigenvalue weighted by atomic mass is 10.1. The number of carbonyl (C=O) groups is 1. The first kappa shape index (κ1) is 12.9. The van der Waals surface area contributed by atoms with Gasteiger partial charge in [0.2, 0.25) is 5.91 Å². The monoisotopic (exact) mass is 241 g/mol. The number of pyridine rings is 1. The molecule has 0 spiro atoms. The average Bonchev–Trinajstić information content (AvgIpc) is 2.22. The van der Waals surface area contributed by atoms with Crippen LogP contribution in [0, 0.1) is 6.92 Å². The van der Waals surface area contributed by atoms with Gasteiger partial charge in [-0.15, -0.1) is 0 Å². The third-order valence-corrected chi connectivity index (χ3v) is 2.51. The minimum atomic E-state index is -0.0967. The van der Waals surface area contributed by atoms with Crippen molar-refractivity contribution in [2.45, 2.75) is 32.7 Å². The van der Waals surface area contributed by atoms with Gasteiger partial charge >= 0.3 is 0 Å². The molecule has 0 fully saturated rings. The lowest BCUT2D eigenvalue weighted by Crippen LogP contribution is -2.26. The Balaban J connectivity index is 2.63. The van der Waals surface area contributed by atoms with Crippen LogP contribution >= 0.6 is 11.6 Å². The zero-order valence-corrected chi connectivity index (χ0v) is 10.2. The molecule has 1 aromatic heterocycles. The van der Waals surface area contributed by atoms with E-state index in [1.54, 1.807) is 19.1 Å². The van der Waals surface area contributed by atoms with Crippen molar-refractivity contribution in [3.63, 3.8) is 0 Å². The number of nitrogens with one attached hydrogen (secondary N) is 1. The van der Waals surface area contributed by atoms with Gasteiger partial charge in [-0.3, -0.25) is 4.79 Å². The zero-order valence-electron chi connectivity index (χ0n) is 9.46. The molecular formula is C11H16ClN3O. The molecule has 0 saturated carbocycles. The summed E-state index contributed by atoms with van der Waals surface area (Å²) >= 11 is 5.72. The summed E-state index contributed by atoms with van der Waals surface area (Å²) < 4.78 is 0. The average molecular weight is 242 g/mol. The number of rotatable bonds is 4. The van der Waals surface area contributed by atoms with Crippen LogP contribution < -0.4 is 11.1 Å². The van der Waals surface area contributed by atoms with Crippen LogP contribution in [0.3, 0.4) is 0 Å². The number of aryl methyl sites for hydroxylation is 1. The third-order valence-electron chi connectivity index (χ3n) is 2.30. The van der Waals surface area contributed by atoms with Crippen LogP contribution in [0.5, 0.6) is 0 Å². The van der Waals surface area contributed by atoms with Crippen LogP contribution in [0.1, 0.15) is 25.5 Å². The Bertz CT molecular complexity index is 381. The third kappa shape index (κ3) is 3.79. The van der Waals surface area contributed by atoms with Crippen LogP contribution in [0.15, 0.2) is 12.1 Å². The topological polar surface area (TPSA) is 68.0 Å². The molecule has 0 aliphatic rings. The lowest BCUT2D eigenvalue weighted by molar-refractivity contribution is -0.116. The fourth-order valence-electron chi connectivity index (χ4n) is 1.25. The Morgan fingerprint density at radius 1 is 1.62 bits per heavy atom. The summed E-state index contributed by atoms with van der Waals surface area (Å²) in [6.45, 7) is 3.74. The zero-order chi connectivity index (χ0) is 12.1. The van der Waals surface area contributed by atoms with Crippen LogP contribution in [0.2, 0.25) is 5.15 Å². The maximum Gasteiger partial charge on any atom is 0.225 e. The second kappa shape index (κ2) is 5.82. The highest BCUT2D eigenvalue weighted by Gasteiger charge is 2.09. The van der Waals surface area contributed by atoms with Gasteiger partial charge in [-0.2, -0.15) is 0 Å². The minimum Gasteiger partial charge on any atom is -0.327 e. The number of anilines is 1. The van der Waals surface area contributed by atoms with Crippen molar-refractivity contribution < 1.29 is 4.79 Å². The van der Waals surface area contributed by atoms with Gasteiger partial charge in [0.25, 0.3) is 0 Å². The Kier molecular flexibility index (Phi) is 4.71. The second-order valence-corrected chi connectivity index (χ2v) is 4.07. The molecule has 5 heteroatoms. The van der Waals surface area contributed by atoms with E-state index in [2.05, 4.69) is 10.3 Å². The standard InChI is InChI=1S/C11H16ClN3O/c1-3-8(13)6-11(16)15-9-4-5-10(12)14-7(9)2/h4-5,8H,3,6,13H2,1-2H3,(H,15,16). The van der Waals surface area contributed by atoms with E-state index < -0.39 is 0 Å². The van der Waals surface area contributed by atoms with Crippen molar-refractivity contribution in [1.82, 2.24) is 4.98 Å². The number of hydrogen-bond acceptors (Lipinski definition) is 3. The van der Waals surface area contributed by atoms with Crippen molar-refractivity contribution in [2.75, 3.05) is 5.32 Å². The molecule has 3 N–H and O–H groups in total. The molecule has 1 aromatic rings. The molecule has 0 radical (unpaired) electrons. The number of nitrogens with two attached hydrogens (primary N) is 1. The van der Waals surface area contributed by atoms with Gasteiger partial charge in [0.15, 0.2) is 0 Å². The molecule has 0 saturated heterocycles. The van der Waals surface area contributed by atoms with Crippen LogP contribution in [0.4, 0.5) is 5.69 Å². The summed E-state index contributed by atoms with van der Waals surface area (Å²) in [5.41, 5.74) is 7.07. The first-order chi connectivity index (χ1) is 7.52. The molecule has 4 nitrogen and oxygen atoms in total. The molecule has 1 rings (SSSR count). The smallest absolute Gasteiger partial charge is 0.225 e. The molecule has 1 amide bonds. The molecule has 1 heterocycles. The Hall–Kier alpha value is -1.13. The quantitative estimate of drug-likeness (QED) is 0.794. The molecule has 1 unspecified atom stereocenters. The van der Waals surface area contributed by atoms with E-state index in [4.69, 9.17) is 17.3 Å². The normalized spacial score (nSPS) is 12.2. The van der Waals surface area contributed by atoms with Gasteiger partial charge < -0.3 is 11.1 Å². The fraction of sp³-hybridized carbons (Fsp3) is 0.455. The molecule has 16 heavy (non-hydrogen) atoms. The van der Waals surface area contributed by atoms with E-state index in [9.17, 15) is 4.79 Å². The van der Waals surface area contributed by atoms with Crippen molar-refractivity contribution in [3.8, 4) is 0 Å². The van der Waals surface area contributed by atoms with E-state index in [1.165, 1.54) is 0 Å². The molecule has 0 aliphatic carbocycles. The molecule has 0 aliphatic heterocycles. The SMILES string of the molecule is CCC(N)CC(=O)Nc1ccc(Cl)nc1C. The summed E-state index contributed by atoms with van der Waals surface area (Å²) in [6.07, 6.45) is 1.10. The number of nitrogens with zero attached hydrogens (tertiary/aromatic N) is 1. The highest BCUT2D eigenvalue weighted by Crippen LogP contribution is 2.15. The van der Waals surface area contributed by atoms with E-state index >= 15 is 0 Å². The van der Waals surface area contributed by atoms with Gasteiger partial charge in [0, 0.05) is 12.5 Å². The lowest BCUT2D eigenvalue weighted by Gasteiger charge is -2.10. The largest absolute Gasteiger partial charge is 0.327 e. The van der Waals surface area contributed by atoms with E-state index in [0.29, 0.717) is 23.0 Å². The maximum atomic E-state index is 11.6. The summed E-state index contributed by atoms with van der Waals surface area (Å²) in [5, 5.41) is 3.18. The van der Waals surface area contributed by atoms with Gasteiger partial charge in [-0.25, -0.2) is 4.98 Å². The van der Waals surface area contributed by atoms with Gasteiger partial charge in [0.05, 0.1) is 11.4 Å². The molecule has 0 bridgehead atoms. The fourth-order valence-corrected chi connectivity index (χ4v) is 1.44. The molecule has 0 aromatic carbocycles. The van der Waals surface area contributed by atoms with Crippen molar-refractivity contribution >= 4 is 23.2 Å². The number of aromatic nitrogens is 1. The summed E-state index contributed by atoms with van der Waals surface area (Å²) in [7, 11) is 0.